The second-order valence-electron chi connectivity index (χ2n) is 4.52. The molecule has 2 rings (SSSR count). The maximum atomic E-state index is 11.8. The molecule has 1 saturated heterocycles. The number of thioether (sulfide) groups is 1. The number of amides is 1. The summed E-state index contributed by atoms with van der Waals surface area (Å²) in [4.78, 5) is 16.7. The highest BCUT2D eigenvalue weighted by Crippen LogP contribution is 2.30. The molecule has 0 saturated carbocycles. The van der Waals surface area contributed by atoms with Gasteiger partial charge in [0.1, 0.15) is 0 Å². The van der Waals surface area contributed by atoms with E-state index in [9.17, 15) is 9.90 Å². The molecular weight excluding hydrogens is 276 g/mol. The van der Waals surface area contributed by atoms with Gasteiger partial charge in [-0.05, 0) is 49.4 Å². The first kappa shape index (κ1) is 14.5. The van der Waals surface area contributed by atoms with E-state index in [-0.39, 0.29) is 17.7 Å². The zero-order chi connectivity index (χ0) is 14.7. The van der Waals surface area contributed by atoms with Crippen molar-refractivity contribution in [2.24, 2.45) is 4.99 Å². The fourth-order valence-electron chi connectivity index (χ4n) is 1.66. The smallest absolute Gasteiger partial charge is 0.264 e. The molecule has 1 amide bonds. The summed E-state index contributed by atoms with van der Waals surface area (Å²) in [6.45, 7) is 3.90. The molecule has 0 radical (unpaired) electrons. The van der Waals surface area contributed by atoms with Gasteiger partial charge in [0.2, 0.25) is 0 Å². The number of aliphatic imine (C=N–C) groups is 1. The van der Waals surface area contributed by atoms with Crippen LogP contribution >= 0.6 is 11.8 Å². The number of amidine groups is 1. The summed E-state index contributed by atoms with van der Waals surface area (Å²) in [6, 6.07) is 5.06. The van der Waals surface area contributed by atoms with Crippen LogP contribution in [-0.2, 0) is 4.79 Å². The van der Waals surface area contributed by atoms with Crippen molar-refractivity contribution in [3.63, 3.8) is 0 Å². The first-order valence-electron chi connectivity index (χ1n) is 6.15. The van der Waals surface area contributed by atoms with E-state index in [0.29, 0.717) is 15.8 Å². The van der Waals surface area contributed by atoms with Crippen molar-refractivity contribution in [2.75, 3.05) is 7.11 Å². The van der Waals surface area contributed by atoms with Crippen LogP contribution in [0.2, 0.25) is 0 Å². The number of ether oxygens (including phenoxy) is 1. The van der Waals surface area contributed by atoms with Crippen molar-refractivity contribution < 1.29 is 14.6 Å². The van der Waals surface area contributed by atoms with Gasteiger partial charge in [0.25, 0.3) is 5.91 Å². The minimum absolute atomic E-state index is 0.0697. The van der Waals surface area contributed by atoms with Crippen LogP contribution in [-0.4, -0.2) is 29.3 Å². The van der Waals surface area contributed by atoms with Gasteiger partial charge in [-0.25, -0.2) is 0 Å². The number of nitrogens with zero attached hydrogens (tertiary/aromatic N) is 1. The van der Waals surface area contributed by atoms with E-state index in [0.717, 1.165) is 5.56 Å². The number of carbonyl (C=O) groups excluding carboxylic acids is 1. The third kappa shape index (κ3) is 3.33. The molecule has 20 heavy (non-hydrogen) atoms. The fourth-order valence-corrected chi connectivity index (χ4v) is 2.61. The maximum absolute atomic E-state index is 11.8. The molecular formula is C14H16N2O3S. The van der Waals surface area contributed by atoms with Crippen LogP contribution in [0, 0.1) is 0 Å². The molecule has 5 nitrogen and oxygen atoms in total. The predicted octanol–water partition coefficient (Wildman–Crippen LogP) is 2.37. The van der Waals surface area contributed by atoms with Gasteiger partial charge < -0.3 is 15.2 Å². The third-order valence-electron chi connectivity index (χ3n) is 2.53. The highest BCUT2D eigenvalue weighted by Gasteiger charge is 2.23. The Morgan fingerprint density at radius 2 is 2.20 bits per heavy atom. The van der Waals surface area contributed by atoms with Crippen LogP contribution in [0.4, 0.5) is 0 Å². The maximum Gasteiger partial charge on any atom is 0.264 e. The Morgan fingerprint density at radius 3 is 2.85 bits per heavy atom. The van der Waals surface area contributed by atoms with Gasteiger partial charge >= 0.3 is 0 Å². The van der Waals surface area contributed by atoms with Gasteiger partial charge in [-0.1, -0.05) is 6.07 Å². The molecule has 0 bridgehead atoms. The van der Waals surface area contributed by atoms with Crippen molar-refractivity contribution in [1.82, 2.24) is 5.32 Å². The number of phenols is 1. The molecule has 0 spiro atoms. The van der Waals surface area contributed by atoms with E-state index in [1.54, 1.807) is 18.2 Å². The number of nitrogens with one attached hydrogen (secondary N) is 1. The number of benzene rings is 1. The SMILES string of the molecule is COc1cc(/C=C2\SC(=NC(C)C)NC2=O)ccc1O. The Hall–Kier alpha value is -1.95. The molecule has 1 aromatic carbocycles. The van der Waals surface area contributed by atoms with Crippen LogP contribution < -0.4 is 10.1 Å². The van der Waals surface area contributed by atoms with Gasteiger partial charge in [0.05, 0.1) is 12.0 Å². The molecule has 1 aliphatic heterocycles. The van der Waals surface area contributed by atoms with E-state index < -0.39 is 0 Å². The third-order valence-corrected chi connectivity index (χ3v) is 3.45. The van der Waals surface area contributed by atoms with E-state index >= 15 is 0 Å². The molecule has 6 heteroatoms. The number of phenolic OH excluding ortho intramolecular Hbond substituents is 1. The molecule has 0 unspecified atom stereocenters. The predicted molar refractivity (Wildman–Crippen MR) is 80.9 cm³/mol. The molecule has 1 aromatic rings. The van der Waals surface area contributed by atoms with E-state index in [2.05, 4.69) is 10.3 Å². The van der Waals surface area contributed by atoms with Crippen LogP contribution in [0.15, 0.2) is 28.1 Å². The average molecular weight is 292 g/mol. The number of rotatable bonds is 3. The van der Waals surface area contributed by atoms with Gasteiger partial charge in [-0.2, -0.15) is 0 Å². The van der Waals surface area contributed by atoms with Gasteiger partial charge in [-0.3, -0.25) is 9.79 Å². The summed E-state index contributed by atoms with van der Waals surface area (Å²) >= 11 is 1.31. The summed E-state index contributed by atoms with van der Waals surface area (Å²) in [6.07, 6.45) is 1.74. The van der Waals surface area contributed by atoms with E-state index in [1.165, 1.54) is 24.9 Å². The number of hydrogen-bond acceptors (Lipinski definition) is 5. The fraction of sp³-hybridized carbons (Fsp3) is 0.286. The minimum Gasteiger partial charge on any atom is -0.504 e. The second-order valence-corrected chi connectivity index (χ2v) is 5.55. The summed E-state index contributed by atoms with van der Waals surface area (Å²) in [7, 11) is 1.48. The Bertz CT molecular complexity index is 594. The van der Waals surface area contributed by atoms with Crippen molar-refractivity contribution in [3.05, 3.63) is 28.7 Å². The van der Waals surface area contributed by atoms with Crippen molar-refractivity contribution in [1.29, 1.82) is 0 Å². The molecule has 0 aliphatic carbocycles. The van der Waals surface area contributed by atoms with Crippen LogP contribution in [0.1, 0.15) is 19.4 Å². The monoisotopic (exact) mass is 292 g/mol. The van der Waals surface area contributed by atoms with Crippen molar-refractivity contribution in [3.8, 4) is 11.5 Å². The lowest BCUT2D eigenvalue weighted by molar-refractivity contribution is -0.115. The Kier molecular flexibility index (Phi) is 4.34. The standard InChI is InChI=1S/C14H16N2O3S/c1-8(2)15-14-16-13(18)12(20-14)7-9-4-5-10(17)11(6-9)19-3/h4-8,17H,1-3H3,(H,15,16,18)/b12-7-. The quantitative estimate of drug-likeness (QED) is 0.839. The normalized spacial score (nSPS) is 18.9. The molecule has 0 atom stereocenters. The van der Waals surface area contributed by atoms with Crippen molar-refractivity contribution in [2.45, 2.75) is 19.9 Å². The first-order chi connectivity index (χ1) is 9.49. The largest absolute Gasteiger partial charge is 0.504 e. The first-order valence-corrected chi connectivity index (χ1v) is 6.97. The van der Waals surface area contributed by atoms with Gasteiger partial charge in [-0.15, -0.1) is 0 Å². The van der Waals surface area contributed by atoms with Crippen molar-refractivity contribution >= 4 is 28.9 Å². The zero-order valence-corrected chi connectivity index (χ0v) is 12.3. The van der Waals surface area contributed by atoms with Crippen LogP contribution in [0.5, 0.6) is 11.5 Å². The molecule has 1 heterocycles. The van der Waals surface area contributed by atoms with Gasteiger partial charge in [0.15, 0.2) is 16.7 Å². The summed E-state index contributed by atoms with van der Waals surface area (Å²) in [5, 5.41) is 12.9. The lowest BCUT2D eigenvalue weighted by Gasteiger charge is -2.03. The molecule has 1 aliphatic rings. The highest BCUT2D eigenvalue weighted by atomic mass is 32.2. The molecule has 2 N–H and O–H groups in total. The lowest BCUT2D eigenvalue weighted by Crippen LogP contribution is -2.20. The number of hydrogen-bond donors (Lipinski definition) is 2. The van der Waals surface area contributed by atoms with Gasteiger partial charge in [0, 0.05) is 6.04 Å². The highest BCUT2D eigenvalue weighted by molar-refractivity contribution is 8.18. The second kappa shape index (κ2) is 6.00. The molecule has 0 aromatic heterocycles. The average Bonchev–Trinajstić information content (AvgIpc) is 2.71. The number of aromatic hydroxyl groups is 1. The summed E-state index contributed by atoms with van der Waals surface area (Å²) in [5.41, 5.74) is 0.781. The van der Waals surface area contributed by atoms with E-state index in [4.69, 9.17) is 4.74 Å². The Balaban J connectivity index is 2.25. The summed E-state index contributed by atoms with van der Waals surface area (Å²) < 4.78 is 5.04. The number of carbonyl (C=O) groups is 1. The number of methoxy groups -OCH3 is 1. The zero-order valence-electron chi connectivity index (χ0n) is 11.5. The Labute approximate surface area is 121 Å². The topological polar surface area (TPSA) is 70.9 Å². The minimum atomic E-state index is -0.165. The summed E-state index contributed by atoms with van der Waals surface area (Å²) in [5.74, 6) is 0.278. The molecule has 106 valence electrons. The Morgan fingerprint density at radius 1 is 1.45 bits per heavy atom. The van der Waals surface area contributed by atoms with Crippen LogP contribution in [0.25, 0.3) is 6.08 Å². The lowest BCUT2D eigenvalue weighted by atomic mass is 10.2. The van der Waals surface area contributed by atoms with Crippen LogP contribution in [0.3, 0.4) is 0 Å². The van der Waals surface area contributed by atoms with E-state index in [1.807, 2.05) is 13.8 Å². The molecule has 1 fully saturated rings.